The highest BCUT2D eigenvalue weighted by atomic mass is 15.3. The van der Waals surface area contributed by atoms with Crippen molar-refractivity contribution in [2.45, 2.75) is 110 Å². The summed E-state index contributed by atoms with van der Waals surface area (Å²) >= 11 is 0. The van der Waals surface area contributed by atoms with Gasteiger partial charge in [0, 0.05) is 0 Å². The number of aromatic nitrogens is 4. The molecule has 0 spiro atoms. The van der Waals surface area contributed by atoms with Crippen LogP contribution in [0.3, 0.4) is 0 Å². The molecule has 0 bridgehead atoms. The molecule has 1 aliphatic carbocycles. The number of rotatable bonds is 4. The molecular weight excluding hydrogens is 717 g/mol. The minimum Gasteiger partial charge on any atom is -0.195 e. The Hall–Kier alpha value is -5.74. The Balaban J connectivity index is 1.47. The fourth-order valence-electron chi connectivity index (χ4n) is 9.25. The largest absolute Gasteiger partial charge is 0.307 e. The Bertz CT molecular complexity index is 2720. The van der Waals surface area contributed by atoms with Crippen molar-refractivity contribution in [1.82, 2.24) is 9.13 Å². The van der Waals surface area contributed by atoms with E-state index in [-0.39, 0.29) is 21.7 Å². The van der Waals surface area contributed by atoms with Crippen LogP contribution >= 0.6 is 0 Å². The van der Waals surface area contributed by atoms with E-state index in [2.05, 4.69) is 247 Å². The average molecular weight is 777 g/mol. The topological polar surface area (TPSA) is 17.6 Å². The summed E-state index contributed by atoms with van der Waals surface area (Å²) in [6.45, 7) is 27.7. The lowest BCUT2D eigenvalue weighted by Crippen LogP contribution is -2.73. The van der Waals surface area contributed by atoms with Crippen molar-refractivity contribution in [3.63, 3.8) is 0 Å². The summed E-state index contributed by atoms with van der Waals surface area (Å²) in [6, 6.07) is 50.7. The van der Waals surface area contributed by atoms with E-state index in [9.17, 15) is 0 Å². The number of hydrogen-bond donors (Lipinski definition) is 0. The molecule has 0 N–H and O–H groups in total. The molecule has 0 saturated carbocycles. The molecule has 9 rings (SSSR count). The van der Waals surface area contributed by atoms with Crippen LogP contribution in [-0.2, 0) is 27.3 Å². The van der Waals surface area contributed by atoms with Gasteiger partial charge in [0.05, 0.1) is 11.1 Å². The molecule has 2 aromatic heterocycles. The molecule has 0 fully saturated rings. The number of benzene rings is 6. The van der Waals surface area contributed by atoms with Crippen molar-refractivity contribution in [3.8, 4) is 22.5 Å². The minimum atomic E-state index is -0.796. The Morgan fingerprint density at radius 3 is 1.10 bits per heavy atom. The van der Waals surface area contributed by atoms with Gasteiger partial charge in [0.15, 0.2) is 22.1 Å². The molecule has 0 unspecified atom stereocenters. The van der Waals surface area contributed by atoms with Crippen molar-refractivity contribution in [2.24, 2.45) is 0 Å². The molecule has 0 radical (unpaired) electrons. The average Bonchev–Trinajstić information content (AvgIpc) is 3.85. The number of fused-ring (bicyclic) bond motifs is 5. The van der Waals surface area contributed by atoms with E-state index in [1.165, 1.54) is 66.6 Å². The second kappa shape index (κ2) is 13.1. The van der Waals surface area contributed by atoms with E-state index >= 15 is 0 Å². The molecule has 0 saturated heterocycles. The predicted molar refractivity (Wildman–Crippen MR) is 245 cm³/mol. The van der Waals surface area contributed by atoms with Crippen molar-refractivity contribution >= 4 is 22.1 Å². The molecule has 6 aromatic carbocycles. The Labute approximate surface area is 351 Å². The van der Waals surface area contributed by atoms with Crippen LogP contribution in [0.25, 0.3) is 44.6 Å². The van der Waals surface area contributed by atoms with Gasteiger partial charge in [0.1, 0.15) is 11.4 Å². The molecule has 4 heteroatoms. The third-order valence-electron chi connectivity index (χ3n) is 12.8. The molecule has 2 heterocycles. The van der Waals surface area contributed by atoms with Crippen LogP contribution in [0.5, 0.6) is 0 Å². The van der Waals surface area contributed by atoms with Crippen molar-refractivity contribution in [3.05, 3.63) is 179 Å². The molecular formula is C55H60N4+2. The third-order valence-corrected chi connectivity index (χ3v) is 12.8. The standard InChI is InChI=1S/C55H60N4/c1-51(2,3)37-19-17-21-41(31-37)56-35-58(47-29-27-39(33-49(47)56)53(7,8)9)55(45-25-15-13-23-43(45)44-24-14-16-26-46(44)55)59-36-57(42-22-18-20-38(32-42)52(4,5)6)50-34-40(54(10,11)12)28-30-48(50)59/h13-36H,1-12H3/q+2. The zero-order valence-electron chi connectivity index (χ0n) is 37.1. The maximum absolute atomic E-state index is 2.58. The fraction of sp³-hybridized carbons (Fsp3) is 0.309. The molecule has 0 aliphatic heterocycles. The van der Waals surface area contributed by atoms with Gasteiger partial charge in [-0.05, 0) is 116 Å². The van der Waals surface area contributed by atoms with Crippen molar-refractivity contribution < 1.29 is 9.13 Å². The summed E-state index contributed by atoms with van der Waals surface area (Å²) in [5, 5.41) is 0. The molecule has 0 amide bonds. The van der Waals surface area contributed by atoms with Gasteiger partial charge in [0.2, 0.25) is 0 Å². The summed E-state index contributed by atoms with van der Waals surface area (Å²) in [4.78, 5) is 0. The van der Waals surface area contributed by atoms with Crippen LogP contribution in [0.4, 0.5) is 0 Å². The summed E-state index contributed by atoms with van der Waals surface area (Å²) in [7, 11) is 0. The highest BCUT2D eigenvalue weighted by Crippen LogP contribution is 2.47. The van der Waals surface area contributed by atoms with Crippen LogP contribution in [0.2, 0.25) is 0 Å². The first-order valence-corrected chi connectivity index (χ1v) is 21.3. The first-order valence-electron chi connectivity index (χ1n) is 21.3. The lowest BCUT2D eigenvalue weighted by Gasteiger charge is -2.27. The predicted octanol–water partition coefficient (Wildman–Crippen LogP) is 12.6. The smallest absolute Gasteiger partial charge is 0.195 e. The van der Waals surface area contributed by atoms with Crippen LogP contribution in [0, 0.1) is 0 Å². The highest BCUT2D eigenvalue weighted by molar-refractivity contribution is 5.82. The Kier molecular flexibility index (Phi) is 8.63. The summed E-state index contributed by atoms with van der Waals surface area (Å²) in [5.41, 5.74) is 16.4. The second-order valence-electron chi connectivity index (χ2n) is 21.0. The summed E-state index contributed by atoms with van der Waals surface area (Å²) in [5.74, 6) is 0. The number of nitrogens with zero attached hydrogens (tertiary/aromatic N) is 4. The zero-order valence-corrected chi connectivity index (χ0v) is 37.1. The fourth-order valence-corrected chi connectivity index (χ4v) is 9.25. The van der Waals surface area contributed by atoms with Crippen LogP contribution in [0.15, 0.2) is 146 Å². The van der Waals surface area contributed by atoms with E-state index in [0.717, 1.165) is 11.4 Å². The van der Waals surface area contributed by atoms with Crippen LogP contribution in [-0.4, -0.2) is 9.13 Å². The van der Waals surface area contributed by atoms with Gasteiger partial charge >= 0.3 is 5.66 Å². The minimum absolute atomic E-state index is 0.00391. The van der Waals surface area contributed by atoms with Gasteiger partial charge < -0.3 is 0 Å². The van der Waals surface area contributed by atoms with E-state index in [1.807, 2.05) is 0 Å². The molecule has 1 aliphatic rings. The summed E-state index contributed by atoms with van der Waals surface area (Å²) < 4.78 is 10.0. The van der Waals surface area contributed by atoms with Crippen LogP contribution in [0.1, 0.15) is 116 Å². The second-order valence-corrected chi connectivity index (χ2v) is 21.0. The van der Waals surface area contributed by atoms with E-state index in [1.54, 1.807) is 0 Å². The zero-order chi connectivity index (χ0) is 41.9. The highest BCUT2D eigenvalue weighted by Gasteiger charge is 2.57. The summed E-state index contributed by atoms with van der Waals surface area (Å²) in [6.07, 6.45) is 4.77. The van der Waals surface area contributed by atoms with Crippen molar-refractivity contribution in [2.75, 3.05) is 0 Å². The number of imidazole rings is 2. The number of hydrogen-bond acceptors (Lipinski definition) is 0. The molecule has 4 nitrogen and oxygen atoms in total. The van der Waals surface area contributed by atoms with Gasteiger partial charge in [-0.25, -0.2) is 0 Å². The Morgan fingerprint density at radius 2 is 0.729 bits per heavy atom. The molecule has 8 aromatic rings. The van der Waals surface area contributed by atoms with Gasteiger partial charge in [-0.1, -0.05) is 156 Å². The van der Waals surface area contributed by atoms with Crippen LogP contribution < -0.4 is 9.13 Å². The maximum Gasteiger partial charge on any atom is 0.307 e. The maximum atomic E-state index is 2.58. The van der Waals surface area contributed by atoms with Gasteiger partial charge in [0.25, 0.3) is 12.7 Å². The van der Waals surface area contributed by atoms with Crippen molar-refractivity contribution in [1.29, 1.82) is 0 Å². The van der Waals surface area contributed by atoms with Gasteiger partial charge in [-0.15, -0.1) is 0 Å². The first kappa shape index (κ1) is 38.8. The quantitative estimate of drug-likeness (QED) is 0.158. The molecule has 0 atom stereocenters. The SMILES string of the molecule is CC(C)(C)c1cccc(-n2c[n+](C3([n+]4cn(-c5cccc(C(C)(C)C)c5)c5cc(C(C)(C)C)ccc54)c4ccccc4-c4ccccc43)c3ccc(C(C)(C)C)cc32)c1. The third kappa shape index (κ3) is 6.17. The molecule has 59 heavy (non-hydrogen) atoms. The normalized spacial score (nSPS) is 14.2. The molecule has 298 valence electrons. The lowest BCUT2D eigenvalue weighted by molar-refractivity contribution is -0.950. The lowest BCUT2D eigenvalue weighted by atomic mass is 9.86. The van der Waals surface area contributed by atoms with E-state index in [4.69, 9.17) is 0 Å². The van der Waals surface area contributed by atoms with Gasteiger partial charge in [-0.2, -0.15) is 18.3 Å². The van der Waals surface area contributed by atoms with E-state index < -0.39 is 5.66 Å². The van der Waals surface area contributed by atoms with Gasteiger partial charge in [-0.3, -0.25) is 0 Å². The first-order chi connectivity index (χ1) is 27.8. The Morgan fingerprint density at radius 1 is 0.373 bits per heavy atom. The van der Waals surface area contributed by atoms with E-state index in [0.29, 0.717) is 0 Å². The monoisotopic (exact) mass is 776 g/mol.